The van der Waals surface area contributed by atoms with Crippen molar-refractivity contribution in [3.63, 3.8) is 0 Å². The highest BCUT2D eigenvalue weighted by molar-refractivity contribution is 6.17. The molecule has 1 spiro atoms. The highest BCUT2D eigenvalue weighted by Crippen LogP contribution is 2.43. The second-order valence-electron chi connectivity index (χ2n) is 10.7. The van der Waals surface area contributed by atoms with Crippen molar-refractivity contribution < 1.29 is 45.2 Å². The predicted molar refractivity (Wildman–Crippen MR) is 140 cm³/mol. The summed E-state index contributed by atoms with van der Waals surface area (Å²) in [5.41, 5.74) is -3.19. The van der Waals surface area contributed by atoms with E-state index in [1.807, 2.05) is 0 Å². The van der Waals surface area contributed by atoms with Crippen molar-refractivity contribution in [2.75, 3.05) is 18.0 Å². The van der Waals surface area contributed by atoms with Gasteiger partial charge in [0, 0.05) is 29.9 Å². The van der Waals surface area contributed by atoms with Gasteiger partial charge in [0.25, 0.3) is 11.8 Å². The average Bonchev–Trinajstić information content (AvgIpc) is 3.36. The van der Waals surface area contributed by atoms with E-state index in [1.54, 1.807) is 45.0 Å². The normalized spacial score (nSPS) is 17.4. The molecule has 0 aliphatic carbocycles. The van der Waals surface area contributed by atoms with Gasteiger partial charge in [-0.2, -0.15) is 26.3 Å². The fourth-order valence-corrected chi connectivity index (χ4v) is 5.69. The van der Waals surface area contributed by atoms with Crippen molar-refractivity contribution in [3.05, 3.63) is 81.7 Å². The Labute approximate surface area is 241 Å². The van der Waals surface area contributed by atoms with E-state index in [2.05, 4.69) is 5.16 Å². The van der Waals surface area contributed by atoms with Crippen LogP contribution in [-0.4, -0.2) is 51.4 Å². The predicted octanol–water partition coefficient (Wildman–Crippen LogP) is 6.28. The largest absolute Gasteiger partial charge is 0.416 e. The van der Waals surface area contributed by atoms with Crippen molar-refractivity contribution in [2.24, 2.45) is 0 Å². The minimum Gasteiger partial charge on any atom is -0.361 e. The van der Waals surface area contributed by atoms with Gasteiger partial charge >= 0.3 is 18.4 Å². The summed E-state index contributed by atoms with van der Waals surface area (Å²) in [6.45, 7) is 4.58. The molecule has 228 valence electrons. The number of para-hydroxylation sites is 1. The van der Waals surface area contributed by atoms with Gasteiger partial charge in [-0.15, -0.1) is 0 Å². The molecule has 0 atom stereocenters. The van der Waals surface area contributed by atoms with Crippen LogP contribution in [-0.2, 0) is 23.7 Å². The van der Waals surface area contributed by atoms with Crippen molar-refractivity contribution in [2.45, 2.75) is 58.0 Å². The van der Waals surface area contributed by atoms with Crippen molar-refractivity contribution >= 4 is 23.5 Å². The first-order valence-corrected chi connectivity index (χ1v) is 13.3. The third-order valence-corrected chi connectivity index (χ3v) is 8.06. The van der Waals surface area contributed by atoms with Gasteiger partial charge in [0.05, 0.1) is 23.4 Å². The maximum absolute atomic E-state index is 14.1. The number of aryl methyl sites for hydroxylation is 3. The number of nitrogens with zero attached hydrogens (tertiary/aromatic N) is 4. The van der Waals surface area contributed by atoms with E-state index in [1.165, 1.54) is 4.90 Å². The number of amides is 4. The van der Waals surface area contributed by atoms with E-state index >= 15 is 0 Å². The van der Waals surface area contributed by atoms with Crippen LogP contribution in [0.1, 0.15) is 56.9 Å². The third kappa shape index (κ3) is 5.23. The monoisotopic (exact) mass is 608 g/mol. The number of carbonyl (C=O) groups excluding carboxylic acids is 3. The van der Waals surface area contributed by atoms with E-state index in [9.17, 15) is 40.7 Å². The van der Waals surface area contributed by atoms with Gasteiger partial charge in [-0.3, -0.25) is 19.4 Å². The highest BCUT2D eigenvalue weighted by atomic mass is 19.4. The fraction of sp³-hybridized carbons (Fsp3) is 0.379. The first kappa shape index (κ1) is 30.1. The molecule has 2 saturated heterocycles. The molecule has 2 fully saturated rings. The molecule has 3 heterocycles. The van der Waals surface area contributed by atoms with Crippen LogP contribution < -0.4 is 4.90 Å². The second-order valence-corrected chi connectivity index (χ2v) is 10.7. The molecule has 0 unspecified atom stereocenters. The number of alkyl halides is 6. The number of hydrogen-bond acceptors (Lipinski definition) is 5. The topological polar surface area (TPSA) is 87.0 Å². The molecule has 14 heteroatoms. The SMILES string of the molecule is Cc1ccccc1N1C(=O)N(Cc2c(C)noc2C)C(=O)C12CCN(C(=O)c1cc(C(F)(F)F)cc(C(F)(F)F)c1)CC2. The zero-order valence-electron chi connectivity index (χ0n) is 23.3. The maximum Gasteiger partial charge on any atom is 0.416 e. The lowest BCUT2D eigenvalue weighted by atomic mass is 9.84. The van der Waals surface area contributed by atoms with E-state index in [-0.39, 0.29) is 38.5 Å². The molecule has 2 aliphatic heterocycles. The van der Waals surface area contributed by atoms with Gasteiger partial charge < -0.3 is 9.42 Å². The summed E-state index contributed by atoms with van der Waals surface area (Å²) >= 11 is 0. The Morgan fingerprint density at radius 2 is 1.51 bits per heavy atom. The molecule has 5 rings (SSSR count). The van der Waals surface area contributed by atoms with Gasteiger partial charge in [-0.1, -0.05) is 23.4 Å². The summed E-state index contributed by atoms with van der Waals surface area (Å²) in [7, 11) is 0. The lowest BCUT2D eigenvalue weighted by molar-refractivity contribution is -0.143. The number of likely N-dealkylation sites (tertiary alicyclic amines) is 1. The molecule has 43 heavy (non-hydrogen) atoms. The highest BCUT2D eigenvalue weighted by Gasteiger charge is 2.59. The van der Waals surface area contributed by atoms with Gasteiger partial charge in [0.15, 0.2) is 0 Å². The number of rotatable bonds is 4. The lowest BCUT2D eigenvalue weighted by Crippen LogP contribution is -2.57. The molecule has 2 aliphatic rings. The maximum atomic E-state index is 14.1. The second kappa shape index (κ2) is 10.4. The van der Waals surface area contributed by atoms with E-state index < -0.39 is 52.4 Å². The van der Waals surface area contributed by atoms with Crippen molar-refractivity contribution in [1.29, 1.82) is 0 Å². The minimum atomic E-state index is -5.11. The number of imide groups is 1. The quantitative estimate of drug-likeness (QED) is 0.257. The van der Waals surface area contributed by atoms with Crippen LogP contribution in [0.5, 0.6) is 0 Å². The first-order chi connectivity index (χ1) is 20.0. The van der Waals surface area contributed by atoms with Crippen LogP contribution in [0.15, 0.2) is 47.0 Å². The molecular weight excluding hydrogens is 582 g/mol. The number of piperidine rings is 1. The Morgan fingerprint density at radius 1 is 0.930 bits per heavy atom. The Kier molecular flexibility index (Phi) is 7.30. The Morgan fingerprint density at radius 3 is 2.02 bits per heavy atom. The Hall–Kier alpha value is -4.36. The lowest BCUT2D eigenvalue weighted by Gasteiger charge is -2.42. The van der Waals surface area contributed by atoms with E-state index in [0.29, 0.717) is 40.4 Å². The third-order valence-electron chi connectivity index (χ3n) is 8.06. The summed E-state index contributed by atoms with van der Waals surface area (Å²) < 4.78 is 85.6. The van der Waals surface area contributed by atoms with Crippen molar-refractivity contribution in [3.8, 4) is 0 Å². The Bertz CT molecular complexity index is 1550. The van der Waals surface area contributed by atoms with Gasteiger partial charge in [-0.05, 0) is 63.4 Å². The van der Waals surface area contributed by atoms with Crippen LogP contribution in [0, 0.1) is 20.8 Å². The van der Waals surface area contributed by atoms with Crippen LogP contribution in [0.2, 0.25) is 0 Å². The smallest absolute Gasteiger partial charge is 0.361 e. The number of aromatic nitrogens is 1. The molecule has 0 N–H and O–H groups in total. The molecule has 2 aromatic carbocycles. The van der Waals surface area contributed by atoms with Gasteiger partial charge in [-0.25, -0.2) is 4.79 Å². The molecular formula is C29H26F6N4O4. The number of benzene rings is 2. The molecule has 3 aromatic rings. The molecule has 1 aromatic heterocycles. The van der Waals surface area contributed by atoms with E-state index in [0.717, 1.165) is 9.80 Å². The fourth-order valence-electron chi connectivity index (χ4n) is 5.69. The number of anilines is 1. The Balaban J connectivity index is 1.48. The number of halogens is 6. The summed E-state index contributed by atoms with van der Waals surface area (Å²) in [5, 5.41) is 3.88. The summed E-state index contributed by atoms with van der Waals surface area (Å²) in [6.07, 6.45) is -10.4. The minimum absolute atomic E-state index is 0.0432. The summed E-state index contributed by atoms with van der Waals surface area (Å²) in [4.78, 5) is 44.8. The zero-order valence-corrected chi connectivity index (χ0v) is 23.3. The van der Waals surface area contributed by atoms with Crippen molar-refractivity contribution in [1.82, 2.24) is 15.0 Å². The van der Waals surface area contributed by atoms with Gasteiger partial charge in [0.1, 0.15) is 11.3 Å². The summed E-state index contributed by atoms with van der Waals surface area (Å²) in [6, 6.07) is 7.04. The van der Waals surface area contributed by atoms with Crippen LogP contribution in [0.4, 0.5) is 36.8 Å². The van der Waals surface area contributed by atoms with Crippen LogP contribution in [0.25, 0.3) is 0 Å². The average molecular weight is 609 g/mol. The van der Waals surface area contributed by atoms with Gasteiger partial charge in [0.2, 0.25) is 0 Å². The molecule has 4 amide bonds. The molecule has 0 saturated carbocycles. The zero-order chi connectivity index (χ0) is 31.5. The van der Waals surface area contributed by atoms with E-state index in [4.69, 9.17) is 4.52 Å². The number of urea groups is 1. The standard InChI is InChI=1S/C29H26F6N4O4/c1-16-6-4-5-7-23(16)39-26(42)38(15-22-17(2)36-43-18(22)3)25(41)27(39)8-10-37(11-9-27)24(40)19-12-20(28(30,31)32)14-21(13-19)29(33,34)35/h4-7,12-14H,8-11,15H2,1-3H3. The van der Waals surface area contributed by atoms with Crippen LogP contribution >= 0.6 is 0 Å². The molecule has 8 nitrogen and oxygen atoms in total. The van der Waals surface area contributed by atoms with Crippen LogP contribution in [0.3, 0.4) is 0 Å². The first-order valence-electron chi connectivity index (χ1n) is 13.3. The molecule has 0 bridgehead atoms. The molecule has 0 radical (unpaired) electrons. The summed E-state index contributed by atoms with van der Waals surface area (Å²) in [5.74, 6) is -1.15. The number of carbonyl (C=O) groups is 3. The number of hydrogen-bond donors (Lipinski definition) is 0.